The highest BCUT2D eigenvalue weighted by Gasteiger charge is 2.06. The molecule has 1 N–H and O–H groups in total. The van der Waals surface area contributed by atoms with Crippen LogP contribution in [0.1, 0.15) is 36.6 Å². The van der Waals surface area contributed by atoms with Gasteiger partial charge < -0.3 is 9.84 Å². The van der Waals surface area contributed by atoms with Crippen molar-refractivity contribution in [1.82, 2.24) is 4.98 Å². The number of hydrogen-bond acceptors (Lipinski definition) is 3. The first kappa shape index (κ1) is 13.6. The molecule has 0 unspecified atom stereocenters. The van der Waals surface area contributed by atoms with Gasteiger partial charge in [0.05, 0.1) is 12.3 Å². The summed E-state index contributed by atoms with van der Waals surface area (Å²) < 4.78 is 5.71. The minimum atomic E-state index is -0.0808. The fraction of sp³-hybridized carbons (Fsp3) is 0.312. The van der Waals surface area contributed by atoms with Crippen molar-refractivity contribution in [3.05, 3.63) is 53.2 Å². The Balaban J connectivity index is 2.21. The Morgan fingerprint density at radius 2 is 2.00 bits per heavy atom. The molecule has 3 nitrogen and oxygen atoms in total. The molecular formula is C16H19NO2. The molecule has 3 heteroatoms. The molecule has 0 fully saturated rings. The zero-order valence-electron chi connectivity index (χ0n) is 11.6. The van der Waals surface area contributed by atoms with Crippen molar-refractivity contribution < 1.29 is 9.84 Å². The second kappa shape index (κ2) is 5.85. The lowest BCUT2D eigenvalue weighted by atomic mass is 9.98. The maximum atomic E-state index is 9.05. The standard InChI is InChI=1S/C16H19NO2/c1-11(2)15-8-7-14(9-12(15)3)19-16-6-4-5-13(10-18)17-16/h4-9,11,18H,10H2,1-3H3. The van der Waals surface area contributed by atoms with Gasteiger partial charge in [-0.15, -0.1) is 0 Å². The summed E-state index contributed by atoms with van der Waals surface area (Å²) >= 11 is 0. The first-order valence-corrected chi connectivity index (χ1v) is 6.45. The third-order valence-electron chi connectivity index (χ3n) is 3.03. The van der Waals surface area contributed by atoms with Crippen molar-refractivity contribution in [3.63, 3.8) is 0 Å². The molecule has 0 aliphatic carbocycles. The SMILES string of the molecule is Cc1cc(Oc2cccc(CO)n2)ccc1C(C)C. The van der Waals surface area contributed by atoms with E-state index < -0.39 is 0 Å². The minimum absolute atomic E-state index is 0.0808. The second-order valence-electron chi connectivity index (χ2n) is 4.90. The molecular weight excluding hydrogens is 238 g/mol. The van der Waals surface area contributed by atoms with E-state index in [0.717, 1.165) is 5.75 Å². The van der Waals surface area contributed by atoms with Gasteiger partial charge in [-0.25, -0.2) is 4.98 Å². The van der Waals surface area contributed by atoms with Crippen LogP contribution < -0.4 is 4.74 Å². The van der Waals surface area contributed by atoms with Gasteiger partial charge in [-0.05, 0) is 42.2 Å². The molecule has 0 bridgehead atoms. The molecule has 100 valence electrons. The number of aryl methyl sites for hydroxylation is 1. The van der Waals surface area contributed by atoms with Gasteiger partial charge in [0, 0.05) is 6.07 Å². The molecule has 2 aromatic rings. The Morgan fingerprint density at radius 1 is 1.21 bits per heavy atom. The molecule has 1 aromatic carbocycles. The van der Waals surface area contributed by atoms with Gasteiger partial charge in [-0.2, -0.15) is 0 Å². The summed E-state index contributed by atoms with van der Waals surface area (Å²) in [7, 11) is 0. The van der Waals surface area contributed by atoms with E-state index in [4.69, 9.17) is 9.84 Å². The molecule has 1 aromatic heterocycles. The zero-order chi connectivity index (χ0) is 13.8. The van der Waals surface area contributed by atoms with Crippen molar-refractivity contribution in [2.75, 3.05) is 0 Å². The summed E-state index contributed by atoms with van der Waals surface area (Å²) in [6.07, 6.45) is 0. The molecule has 0 atom stereocenters. The summed E-state index contributed by atoms with van der Waals surface area (Å²) in [6, 6.07) is 11.4. The van der Waals surface area contributed by atoms with E-state index in [2.05, 4.69) is 31.8 Å². The van der Waals surface area contributed by atoms with Crippen LogP contribution in [0.25, 0.3) is 0 Å². The first-order valence-electron chi connectivity index (χ1n) is 6.45. The average molecular weight is 257 g/mol. The van der Waals surface area contributed by atoms with Crippen LogP contribution >= 0.6 is 0 Å². The molecule has 0 radical (unpaired) electrons. The predicted molar refractivity (Wildman–Crippen MR) is 75.5 cm³/mol. The molecule has 19 heavy (non-hydrogen) atoms. The molecule has 0 saturated carbocycles. The van der Waals surface area contributed by atoms with E-state index in [1.54, 1.807) is 12.1 Å². The summed E-state index contributed by atoms with van der Waals surface area (Å²) in [5, 5.41) is 9.05. The summed E-state index contributed by atoms with van der Waals surface area (Å²) in [5.41, 5.74) is 3.14. The number of benzene rings is 1. The van der Waals surface area contributed by atoms with Gasteiger partial charge in [0.1, 0.15) is 5.75 Å². The van der Waals surface area contributed by atoms with Crippen LogP contribution in [-0.2, 0) is 6.61 Å². The summed E-state index contributed by atoms with van der Waals surface area (Å²) in [5.74, 6) is 1.78. The van der Waals surface area contributed by atoms with Crippen LogP contribution in [0.2, 0.25) is 0 Å². The molecule has 1 heterocycles. The van der Waals surface area contributed by atoms with Crippen molar-refractivity contribution >= 4 is 0 Å². The van der Waals surface area contributed by atoms with Gasteiger partial charge >= 0.3 is 0 Å². The predicted octanol–water partition coefficient (Wildman–Crippen LogP) is 3.80. The Hall–Kier alpha value is -1.87. The van der Waals surface area contributed by atoms with Crippen molar-refractivity contribution in [2.45, 2.75) is 33.3 Å². The zero-order valence-corrected chi connectivity index (χ0v) is 11.6. The quantitative estimate of drug-likeness (QED) is 0.906. The van der Waals surface area contributed by atoms with Gasteiger partial charge in [0.25, 0.3) is 0 Å². The molecule has 0 aliphatic heterocycles. The second-order valence-corrected chi connectivity index (χ2v) is 4.90. The molecule has 0 saturated heterocycles. The van der Waals surface area contributed by atoms with Gasteiger partial charge in [0.2, 0.25) is 5.88 Å². The number of nitrogens with zero attached hydrogens (tertiary/aromatic N) is 1. The fourth-order valence-corrected chi connectivity index (χ4v) is 2.08. The molecule has 2 rings (SSSR count). The summed E-state index contributed by atoms with van der Waals surface area (Å²) in [4.78, 5) is 4.20. The third-order valence-corrected chi connectivity index (χ3v) is 3.03. The number of ether oxygens (including phenoxy) is 1. The lowest BCUT2D eigenvalue weighted by molar-refractivity contribution is 0.275. The highest BCUT2D eigenvalue weighted by atomic mass is 16.5. The lowest BCUT2D eigenvalue weighted by Crippen LogP contribution is -1.95. The van der Waals surface area contributed by atoms with E-state index in [9.17, 15) is 0 Å². The topological polar surface area (TPSA) is 42.4 Å². The average Bonchev–Trinajstić information content (AvgIpc) is 2.38. The summed E-state index contributed by atoms with van der Waals surface area (Å²) in [6.45, 7) is 6.35. The molecule has 0 amide bonds. The van der Waals surface area contributed by atoms with E-state index in [1.807, 2.05) is 18.2 Å². The maximum Gasteiger partial charge on any atom is 0.219 e. The van der Waals surface area contributed by atoms with E-state index in [1.165, 1.54) is 11.1 Å². The number of aromatic nitrogens is 1. The van der Waals surface area contributed by atoms with Crippen LogP contribution in [0.3, 0.4) is 0 Å². The number of aliphatic hydroxyl groups is 1. The third kappa shape index (κ3) is 3.32. The van der Waals surface area contributed by atoms with Crippen LogP contribution in [0.5, 0.6) is 11.6 Å². The van der Waals surface area contributed by atoms with Gasteiger partial charge in [-0.3, -0.25) is 0 Å². The van der Waals surface area contributed by atoms with E-state index in [-0.39, 0.29) is 6.61 Å². The Morgan fingerprint density at radius 3 is 2.63 bits per heavy atom. The minimum Gasteiger partial charge on any atom is -0.439 e. The number of rotatable bonds is 4. The largest absolute Gasteiger partial charge is 0.439 e. The Bertz CT molecular complexity index is 564. The van der Waals surface area contributed by atoms with E-state index >= 15 is 0 Å². The smallest absolute Gasteiger partial charge is 0.219 e. The number of pyridine rings is 1. The monoisotopic (exact) mass is 257 g/mol. The van der Waals surface area contributed by atoms with Crippen molar-refractivity contribution in [3.8, 4) is 11.6 Å². The maximum absolute atomic E-state index is 9.05. The number of hydrogen-bond donors (Lipinski definition) is 1. The van der Waals surface area contributed by atoms with Crippen LogP contribution in [0.15, 0.2) is 36.4 Å². The van der Waals surface area contributed by atoms with E-state index in [0.29, 0.717) is 17.5 Å². The molecule has 0 aliphatic rings. The number of aliphatic hydroxyl groups excluding tert-OH is 1. The van der Waals surface area contributed by atoms with Crippen LogP contribution in [0.4, 0.5) is 0 Å². The van der Waals surface area contributed by atoms with Crippen molar-refractivity contribution in [2.24, 2.45) is 0 Å². The Labute approximate surface area is 113 Å². The highest BCUT2D eigenvalue weighted by Crippen LogP contribution is 2.26. The van der Waals surface area contributed by atoms with Crippen LogP contribution in [0, 0.1) is 6.92 Å². The fourth-order valence-electron chi connectivity index (χ4n) is 2.08. The van der Waals surface area contributed by atoms with Gasteiger partial charge in [0.15, 0.2) is 0 Å². The Kier molecular flexibility index (Phi) is 4.17. The van der Waals surface area contributed by atoms with Crippen LogP contribution in [-0.4, -0.2) is 10.1 Å². The lowest BCUT2D eigenvalue weighted by Gasteiger charge is -2.12. The highest BCUT2D eigenvalue weighted by molar-refractivity contribution is 5.38. The van der Waals surface area contributed by atoms with Gasteiger partial charge in [-0.1, -0.05) is 26.0 Å². The molecule has 0 spiro atoms. The van der Waals surface area contributed by atoms with Crippen molar-refractivity contribution in [1.29, 1.82) is 0 Å². The first-order chi connectivity index (χ1) is 9.10. The normalized spacial score (nSPS) is 10.8.